The molecule has 3 rings (SSSR count). The highest BCUT2D eigenvalue weighted by Gasteiger charge is 2.18. The molecule has 3 aromatic rings. The molecule has 25 heavy (non-hydrogen) atoms. The van der Waals surface area contributed by atoms with Crippen LogP contribution in [0.2, 0.25) is 0 Å². The van der Waals surface area contributed by atoms with Crippen LogP contribution in [-0.2, 0) is 0 Å². The van der Waals surface area contributed by atoms with E-state index in [0.717, 1.165) is 28.7 Å². The minimum atomic E-state index is -0.355. The topological polar surface area (TPSA) is 92.7 Å². The predicted molar refractivity (Wildman–Crippen MR) is 93.8 cm³/mol. The van der Waals surface area contributed by atoms with E-state index >= 15 is 0 Å². The van der Waals surface area contributed by atoms with Crippen LogP contribution in [0, 0.1) is 13.8 Å². The van der Waals surface area contributed by atoms with Crippen molar-refractivity contribution >= 4 is 5.91 Å². The lowest BCUT2D eigenvalue weighted by atomic mass is 10.1. The number of hydrogen-bond donors (Lipinski definition) is 2. The fourth-order valence-corrected chi connectivity index (χ4v) is 2.71. The van der Waals surface area contributed by atoms with Crippen LogP contribution in [0.3, 0.4) is 0 Å². The molecule has 0 aliphatic carbocycles. The maximum atomic E-state index is 12.3. The molecule has 0 saturated heterocycles. The van der Waals surface area contributed by atoms with Crippen LogP contribution in [-0.4, -0.2) is 25.7 Å². The van der Waals surface area contributed by atoms with Crippen LogP contribution >= 0.6 is 0 Å². The molecule has 2 aromatic heterocycles. The first-order chi connectivity index (χ1) is 12.0. The molecule has 2 heterocycles. The number of rotatable bonds is 4. The second kappa shape index (κ2) is 6.72. The van der Waals surface area contributed by atoms with E-state index in [-0.39, 0.29) is 23.2 Å². The number of H-pyrrole nitrogens is 1. The predicted octanol–water partition coefficient (Wildman–Crippen LogP) is 2.06. The van der Waals surface area contributed by atoms with Crippen molar-refractivity contribution in [2.45, 2.75) is 26.8 Å². The molecule has 0 bridgehead atoms. The van der Waals surface area contributed by atoms with E-state index in [9.17, 15) is 9.59 Å². The third-order valence-corrected chi connectivity index (χ3v) is 4.11. The van der Waals surface area contributed by atoms with Gasteiger partial charge >= 0.3 is 0 Å². The van der Waals surface area contributed by atoms with E-state index < -0.39 is 0 Å². The zero-order valence-corrected chi connectivity index (χ0v) is 14.3. The van der Waals surface area contributed by atoms with Gasteiger partial charge < -0.3 is 10.3 Å². The summed E-state index contributed by atoms with van der Waals surface area (Å²) in [5.74, 6) is -0.355. The fourth-order valence-electron chi connectivity index (χ4n) is 2.71. The molecule has 1 atom stereocenters. The number of aryl methyl sites for hydroxylation is 1. The average molecular weight is 337 g/mol. The summed E-state index contributed by atoms with van der Waals surface area (Å²) >= 11 is 0. The van der Waals surface area contributed by atoms with Crippen molar-refractivity contribution in [1.82, 2.24) is 25.1 Å². The van der Waals surface area contributed by atoms with E-state index in [4.69, 9.17) is 0 Å². The molecule has 0 unspecified atom stereocenters. The fraction of sp³-hybridized carbons (Fsp3) is 0.222. The lowest BCUT2D eigenvalue weighted by Crippen LogP contribution is -2.28. The van der Waals surface area contributed by atoms with Crippen molar-refractivity contribution in [3.05, 3.63) is 75.7 Å². The summed E-state index contributed by atoms with van der Waals surface area (Å²) in [7, 11) is 0. The number of benzene rings is 1. The highest BCUT2D eigenvalue weighted by Crippen LogP contribution is 2.22. The first-order valence-electron chi connectivity index (χ1n) is 7.93. The Morgan fingerprint density at radius 1 is 1.24 bits per heavy atom. The molecule has 1 aromatic carbocycles. The molecule has 7 nitrogen and oxygen atoms in total. The van der Waals surface area contributed by atoms with E-state index in [1.165, 1.54) is 6.20 Å². The van der Waals surface area contributed by atoms with Gasteiger partial charge in [0.2, 0.25) is 0 Å². The number of amides is 1. The first kappa shape index (κ1) is 16.6. The number of carbonyl (C=O) groups excluding carboxylic acids is 1. The van der Waals surface area contributed by atoms with Crippen LogP contribution in [0.1, 0.15) is 40.3 Å². The maximum absolute atomic E-state index is 12.3. The average Bonchev–Trinajstić information content (AvgIpc) is 2.97. The Bertz CT molecular complexity index is 953. The quantitative estimate of drug-likeness (QED) is 0.762. The number of hydrogen-bond acceptors (Lipinski definition) is 4. The number of carbonyl (C=O) groups is 1. The van der Waals surface area contributed by atoms with Crippen molar-refractivity contribution in [3.8, 4) is 5.69 Å². The molecule has 0 aliphatic heterocycles. The third kappa shape index (κ3) is 3.35. The number of aromatic nitrogens is 4. The highest BCUT2D eigenvalue weighted by molar-refractivity contribution is 5.92. The van der Waals surface area contributed by atoms with Gasteiger partial charge in [-0.1, -0.05) is 18.2 Å². The molecule has 0 saturated carbocycles. The van der Waals surface area contributed by atoms with Gasteiger partial charge in [-0.3, -0.25) is 9.59 Å². The van der Waals surface area contributed by atoms with Gasteiger partial charge in [-0.25, -0.2) is 9.67 Å². The standard InChI is InChI=1S/C18H19N5O2/c1-11-6-4-5-7-16(11)23-13(3)14(8-21-23)12(2)22-18(25)15-9-20-17(24)10-19-15/h4-10,12H,1-3H3,(H,20,24)(H,22,25)/t12-/m0/s1. The molecule has 2 N–H and O–H groups in total. The smallest absolute Gasteiger partial charge is 0.271 e. The van der Waals surface area contributed by atoms with Gasteiger partial charge in [-0.05, 0) is 32.4 Å². The van der Waals surface area contributed by atoms with Crippen LogP contribution in [0.25, 0.3) is 5.69 Å². The monoisotopic (exact) mass is 337 g/mol. The Morgan fingerprint density at radius 2 is 2.00 bits per heavy atom. The number of nitrogens with one attached hydrogen (secondary N) is 2. The first-order valence-corrected chi connectivity index (χ1v) is 7.93. The van der Waals surface area contributed by atoms with E-state index in [2.05, 4.69) is 20.4 Å². The molecule has 1 amide bonds. The van der Waals surface area contributed by atoms with Crippen LogP contribution in [0.5, 0.6) is 0 Å². The van der Waals surface area contributed by atoms with E-state index in [1.807, 2.05) is 49.7 Å². The summed E-state index contributed by atoms with van der Waals surface area (Å²) in [4.78, 5) is 29.6. The second-order valence-electron chi connectivity index (χ2n) is 5.88. The summed E-state index contributed by atoms with van der Waals surface area (Å²) in [5, 5.41) is 7.34. The van der Waals surface area contributed by atoms with Gasteiger partial charge in [0.05, 0.1) is 24.1 Å². The van der Waals surface area contributed by atoms with Gasteiger partial charge in [0.15, 0.2) is 0 Å². The normalized spacial score (nSPS) is 12.0. The van der Waals surface area contributed by atoms with Gasteiger partial charge in [-0.15, -0.1) is 0 Å². The SMILES string of the molecule is Cc1ccccc1-n1ncc([C@H](C)NC(=O)c2c[nH]c(=O)cn2)c1C. The molecule has 7 heteroatoms. The third-order valence-electron chi connectivity index (χ3n) is 4.11. The molecule has 0 aliphatic rings. The zero-order valence-electron chi connectivity index (χ0n) is 14.3. The van der Waals surface area contributed by atoms with Crippen molar-refractivity contribution in [2.75, 3.05) is 0 Å². The lowest BCUT2D eigenvalue weighted by molar-refractivity contribution is 0.0934. The molecule has 0 fully saturated rings. The van der Waals surface area contributed by atoms with Crippen LogP contribution in [0.4, 0.5) is 0 Å². The van der Waals surface area contributed by atoms with Crippen LogP contribution in [0.15, 0.2) is 47.7 Å². The molecular formula is C18H19N5O2. The maximum Gasteiger partial charge on any atom is 0.271 e. The number of nitrogens with zero attached hydrogens (tertiary/aromatic N) is 3. The van der Waals surface area contributed by atoms with Crippen molar-refractivity contribution in [3.63, 3.8) is 0 Å². The summed E-state index contributed by atoms with van der Waals surface area (Å²) in [6, 6.07) is 7.74. The highest BCUT2D eigenvalue weighted by atomic mass is 16.2. The molecule has 0 radical (unpaired) electrons. The van der Waals surface area contributed by atoms with Gasteiger partial charge in [0, 0.05) is 17.5 Å². The Kier molecular flexibility index (Phi) is 4.47. The number of para-hydroxylation sites is 1. The molecule has 0 spiro atoms. The Labute approximate surface area is 144 Å². The summed E-state index contributed by atoms with van der Waals surface area (Å²) < 4.78 is 1.87. The summed E-state index contributed by atoms with van der Waals surface area (Å²) in [6.45, 7) is 5.88. The summed E-state index contributed by atoms with van der Waals surface area (Å²) in [6.07, 6.45) is 4.14. The summed E-state index contributed by atoms with van der Waals surface area (Å²) in [5.41, 5.74) is 3.81. The Morgan fingerprint density at radius 3 is 2.68 bits per heavy atom. The molecular weight excluding hydrogens is 318 g/mol. The van der Waals surface area contributed by atoms with Gasteiger partial charge in [0.1, 0.15) is 5.69 Å². The van der Waals surface area contributed by atoms with E-state index in [1.54, 1.807) is 6.20 Å². The Balaban J connectivity index is 1.83. The van der Waals surface area contributed by atoms with Crippen LogP contribution < -0.4 is 10.9 Å². The van der Waals surface area contributed by atoms with Crippen molar-refractivity contribution < 1.29 is 4.79 Å². The minimum Gasteiger partial charge on any atom is -0.344 e. The lowest BCUT2D eigenvalue weighted by Gasteiger charge is -2.14. The Hall–Kier alpha value is -3.22. The molecule has 128 valence electrons. The second-order valence-corrected chi connectivity index (χ2v) is 5.88. The van der Waals surface area contributed by atoms with E-state index in [0.29, 0.717) is 0 Å². The largest absolute Gasteiger partial charge is 0.344 e. The van der Waals surface area contributed by atoms with Crippen molar-refractivity contribution in [1.29, 1.82) is 0 Å². The van der Waals surface area contributed by atoms with Gasteiger partial charge in [-0.2, -0.15) is 5.10 Å². The number of aromatic amines is 1. The minimum absolute atomic E-state index is 0.162. The zero-order chi connectivity index (χ0) is 18.0. The van der Waals surface area contributed by atoms with Crippen molar-refractivity contribution in [2.24, 2.45) is 0 Å². The van der Waals surface area contributed by atoms with Gasteiger partial charge in [0.25, 0.3) is 11.5 Å².